The van der Waals surface area contributed by atoms with Crippen molar-refractivity contribution in [2.24, 2.45) is 0 Å². The molecule has 5 heteroatoms. The van der Waals surface area contributed by atoms with Gasteiger partial charge in [-0.2, -0.15) is 0 Å². The van der Waals surface area contributed by atoms with Crippen LogP contribution in [0.15, 0.2) is 48.5 Å². The molecule has 1 amide bonds. The minimum absolute atomic E-state index is 0.0224. The fourth-order valence-corrected chi connectivity index (χ4v) is 2.25. The van der Waals surface area contributed by atoms with Crippen LogP contribution in [0.1, 0.15) is 34.3 Å². The first-order valence-electron chi connectivity index (χ1n) is 7.07. The van der Waals surface area contributed by atoms with Gasteiger partial charge in [-0.1, -0.05) is 37.3 Å². The van der Waals surface area contributed by atoms with Crippen molar-refractivity contribution in [1.29, 1.82) is 0 Å². The molecule has 2 rings (SSSR count). The number of amides is 1. The van der Waals surface area contributed by atoms with Crippen molar-refractivity contribution in [3.8, 4) is 0 Å². The number of nitro groups is 1. The second kappa shape index (κ2) is 6.85. The summed E-state index contributed by atoms with van der Waals surface area (Å²) in [6.45, 7) is 4.18. The lowest BCUT2D eigenvalue weighted by Gasteiger charge is -2.13. The minimum Gasteiger partial charge on any atom is -0.351 e. The molecular formula is C17H18N2O3. The van der Waals surface area contributed by atoms with E-state index < -0.39 is 4.92 Å². The molecule has 0 bridgehead atoms. The fraction of sp³-hybridized carbons (Fsp3) is 0.235. The highest BCUT2D eigenvalue weighted by Crippen LogP contribution is 2.19. The largest absolute Gasteiger partial charge is 0.351 e. The average molecular weight is 298 g/mol. The minimum atomic E-state index is -0.450. The van der Waals surface area contributed by atoms with Gasteiger partial charge in [0, 0.05) is 23.7 Å². The lowest BCUT2D eigenvalue weighted by atomic mass is 10.0. The Labute approximate surface area is 129 Å². The molecule has 0 unspecified atom stereocenters. The number of nitrogens with zero attached hydrogens (tertiary/aromatic N) is 1. The van der Waals surface area contributed by atoms with E-state index in [1.165, 1.54) is 12.1 Å². The monoisotopic (exact) mass is 298 g/mol. The van der Waals surface area contributed by atoms with Crippen molar-refractivity contribution in [3.63, 3.8) is 0 Å². The number of rotatable bonds is 5. The van der Waals surface area contributed by atoms with Crippen molar-refractivity contribution < 1.29 is 9.72 Å². The smallest absolute Gasteiger partial charge is 0.272 e. The summed E-state index contributed by atoms with van der Waals surface area (Å²) in [7, 11) is 0. The number of nitrogens with one attached hydrogen (secondary N) is 1. The van der Waals surface area contributed by atoms with Crippen molar-refractivity contribution in [2.45, 2.75) is 19.8 Å². The molecule has 0 fully saturated rings. The summed E-state index contributed by atoms with van der Waals surface area (Å²) in [5, 5.41) is 13.6. The van der Waals surface area contributed by atoms with E-state index in [-0.39, 0.29) is 17.5 Å². The molecular weight excluding hydrogens is 280 g/mol. The highest BCUT2D eigenvalue weighted by molar-refractivity contribution is 5.94. The number of benzene rings is 2. The highest BCUT2D eigenvalue weighted by Gasteiger charge is 2.14. The molecule has 0 aliphatic carbocycles. The number of nitro benzene ring substituents is 1. The SMILES string of the molecule is Cc1cc(C(=O)NC[C@H](C)c2ccccc2)ccc1[N+](=O)[O-]. The molecule has 22 heavy (non-hydrogen) atoms. The Kier molecular flexibility index (Phi) is 4.88. The van der Waals surface area contributed by atoms with E-state index in [9.17, 15) is 14.9 Å². The normalized spacial score (nSPS) is 11.7. The van der Waals surface area contributed by atoms with Crippen LogP contribution in [0.2, 0.25) is 0 Å². The molecule has 5 nitrogen and oxygen atoms in total. The first-order valence-corrected chi connectivity index (χ1v) is 7.07. The van der Waals surface area contributed by atoms with Gasteiger partial charge in [0.25, 0.3) is 11.6 Å². The van der Waals surface area contributed by atoms with Crippen molar-refractivity contribution in [3.05, 3.63) is 75.3 Å². The van der Waals surface area contributed by atoms with E-state index in [0.29, 0.717) is 17.7 Å². The lowest BCUT2D eigenvalue weighted by Crippen LogP contribution is -2.27. The van der Waals surface area contributed by atoms with E-state index in [0.717, 1.165) is 5.56 Å². The molecule has 114 valence electrons. The molecule has 0 saturated heterocycles. The predicted molar refractivity (Wildman–Crippen MR) is 85.0 cm³/mol. The van der Waals surface area contributed by atoms with Crippen molar-refractivity contribution in [1.82, 2.24) is 5.32 Å². The second-order valence-electron chi connectivity index (χ2n) is 5.28. The fourth-order valence-electron chi connectivity index (χ4n) is 2.25. The van der Waals surface area contributed by atoms with Crippen LogP contribution in [0.5, 0.6) is 0 Å². The van der Waals surface area contributed by atoms with E-state index >= 15 is 0 Å². The first kappa shape index (κ1) is 15.7. The summed E-state index contributed by atoms with van der Waals surface area (Å²) >= 11 is 0. The number of carbonyl (C=O) groups excluding carboxylic acids is 1. The van der Waals surface area contributed by atoms with Gasteiger partial charge in [0.15, 0.2) is 0 Å². The van der Waals surface area contributed by atoms with Crippen LogP contribution < -0.4 is 5.32 Å². The number of carbonyl (C=O) groups is 1. The highest BCUT2D eigenvalue weighted by atomic mass is 16.6. The van der Waals surface area contributed by atoms with Gasteiger partial charge in [0.1, 0.15) is 0 Å². The quantitative estimate of drug-likeness (QED) is 0.679. The summed E-state index contributed by atoms with van der Waals surface area (Å²) in [6, 6.07) is 14.3. The Bertz CT molecular complexity index is 684. The number of aryl methyl sites for hydroxylation is 1. The third kappa shape index (κ3) is 3.69. The molecule has 0 aliphatic rings. The Morgan fingerprint density at radius 1 is 1.23 bits per heavy atom. The van der Waals surface area contributed by atoms with E-state index in [2.05, 4.69) is 5.32 Å². The first-order chi connectivity index (χ1) is 10.5. The van der Waals surface area contributed by atoms with Crippen LogP contribution in [0.25, 0.3) is 0 Å². The standard InChI is InChI=1S/C17H18N2O3/c1-12-10-15(8-9-16(12)19(21)22)17(20)18-11-13(2)14-6-4-3-5-7-14/h3-10,13H,11H2,1-2H3,(H,18,20)/t13-/m0/s1. The summed E-state index contributed by atoms with van der Waals surface area (Å²) in [5.41, 5.74) is 2.09. The third-order valence-electron chi connectivity index (χ3n) is 3.59. The van der Waals surface area contributed by atoms with Gasteiger partial charge in [-0.15, -0.1) is 0 Å². The van der Waals surface area contributed by atoms with Crippen molar-refractivity contribution >= 4 is 11.6 Å². The number of hydrogen-bond acceptors (Lipinski definition) is 3. The molecule has 0 aliphatic heterocycles. The summed E-state index contributed by atoms with van der Waals surface area (Å²) in [5.74, 6) is -0.0231. The van der Waals surface area contributed by atoms with Gasteiger partial charge in [0.05, 0.1) is 4.92 Å². The number of hydrogen-bond donors (Lipinski definition) is 1. The van der Waals surface area contributed by atoms with Crippen LogP contribution in [-0.4, -0.2) is 17.4 Å². The Balaban J connectivity index is 2.01. The van der Waals surface area contributed by atoms with Gasteiger partial charge in [0.2, 0.25) is 0 Å². The Morgan fingerprint density at radius 2 is 1.91 bits per heavy atom. The van der Waals surface area contributed by atoms with Crippen LogP contribution in [0, 0.1) is 17.0 Å². The molecule has 2 aromatic rings. The van der Waals surface area contributed by atoms with Crippen LogP contribution in [0.4, 0.5) is 5.69 Å². The molecule has 0 heterocycles. The molecule has 1 atom stereocenters. The van der Waals surface area contributed by atoms with Gasteiger partial charge in [-0.3, -0.25) is 14.9 Å². The topological polar surface area (TPSA) is 72.2 Å². The zero-order valence-electron chi connectivity index (χ0n) is 12.6. The van der Waals surface area contributed by atoms with Gasteiger partial charge in [-0.05, 0) is 30.5 Å². The molecule has 0 spiro atoms. The Morgan fingerprint density at radius 3 is 2.50 bits per heavy atom. The van der Waals surface area contributed by atoms with Gasteiger partial charge >= 0.3 is 0 Å². The van der Waals surface area contributed by atoms with Crippen LogP contribution in [0.3, 0.4) is 0 Å². The maximum absolute atomic E-state index is 12.1. The Hall–Kier alpha value is -2.69. The lowest BCUT2D eigenvalue weighted by molar-refractivity contribution is -0.385. The maximum atomic E-state index is 12.1. The summed E-state index contributed by atoms with van der Waals surface area (Å²) in [4.78, 5) is 22.5. The van der Waals surface area contributed by atoms with E-state index in [1.807, 2.05) is 37.3 Å². The maximum Gasteiger partial charge on any atom is 0.272 e. The average Bonchev–Trinajstić information content (AvgIpc) is 2.52. The molecule has 2 aromatic carbocycles. The summed E-state index contributed by atoms with van der Waals surface area (Å²) < 4.78 is 0. The zero-order chi connectivity index (χ0) is 16.1. The molecule has 0 radical (unpaired) electrons. The zero-order valence-corrected chi connectivity index (χ0v) is 12.6. The van der Waals surface area contributed by atoms with Gasteiger partial charge in [-0.25, -0.2) is 0 Å². The van der Waals surface area contributed by atoms with E-state index in [4.69, 9.17) is 0 Å². The van der Waals surface area contributed by atoms with E-state index in [1.54, 1.807) is 13.0 Å². The third-order valence-corrected chi connectivity index (χ3v) is 3.59. The van der Waals surface area contributed by atoms with Crippen molar-refractivity contribution in [2.75, 3.05) is 6.54 Å². The summed E-state index contributed by atoms with van der Waals surface area (Å²) in [6.07, 6.45) is 0. The molecule has 1 N–H and O–H groups in total. The van der Waals surface area contributed by atoms with Gasteiger partial charge < -0.3 is 5.32 Å². The second-order valence-corrected chi connectivity index (χ2v) is 5.28. The van der Waals surface area contributed by atoms with Crippen LogP contribution in [-0.2, 0) is 0 Å². The predicted octanol–water partition coefficient (Wildman–Crippen LogP) is 3.44. The molecule has 0 saturated carbocycles. The molecule has 0 aromatic heterocycles. The van der Waals surface area contributed by atoms with Crippen LogP contribution >= 0.6 is 0 Å².